The van der Waals surface area contributed by atoms with Gasteiger partial charge < -0.3 is 15.0 Å². The Labute approximate surface area is 127 Å². The number of hydrogen-bond donors (Lipinski definition) is 1. The lowest BCUT2D eigenvalue weighted by molar-refractivity contribution is 0.0362. The molecule has 0 unspecified atom stereocenters. The molecule has 1 heterocycles. The fourth-order valence-electron chi connectivity index (χ4n) is 2.68. The van der Waals surface area contributed by atoms with Gasteiger partial charge in [-0.1, -0.05) is 13.0 Å². The summed E-state index contributed by atoms with van der Waals surface area (Å²) in [7, 11) is 1.90. The number of nitrogens with one attached hydrogen (secondary N) is 1. The van der Waals surface area contributed by atoms with E-state index in [0.717, 1.165) is 50.3 Å². The van der Waals surface area contributed by atoms with Crippen LogP contribution in [0.5, 0.6) is 0 Å². The van der Waals surface area contributed by atoms with E-state index in [9.17, 15) is 4.79 Å². The number of hydrogen-bond acceptors (Lipinski definition) is 3. The second-order valence-electron chi connectivity index (χ2n) is 5.74. The maximum absolute atomic E-state index is 12.8. The van der Waals surface area contributed by atoms with Gasteiger partial charge >= 0.3 is 0 Å². The molecule has 4 nitrogen and oxygen atoms in total. The summed E-state index contributed by atoms with van der Waals surface area (Å²) in [6.45, 7) is 6.55. The average Bonchev–Trinajstić information content (AvgIpc) is 2.52. The van der Waals surface area contributed by atoms with Gasteiger partial charge in [-0.05, 0) is 43.9 Å². The van der Waals surface area contributed by atoms with Crippen LogP contribution in [-0.2, 0) is 4.74 Å². The van der Waals surface area contributed by atoms with E-state index < -0.39 is 0 Å². The van der Waals surface area contributed by atoms with Crippen LogP contribution < -0.4 is 5.32 Å². The fraction of sp³-hybridized carbons (Fsp3) is 0.588. The molecule has 0 bridgehead atoms. The molecule has 1 aromatic rings. The van der Waals surface area contributed by atoms with Crippen molar-refractivity contribution in [3.8, 4) is 0 Å². The Morgan fingerprint density at radius 1 is 1.38 bits per heavy atom. The van der Waals surface area contributed by atoms with Crippen LogP contribution in [0.4, 0.5) is 5.69 Å². The largest absolute Gasteiger partial charge is 0.384 e. The minimum Gasteiger partial charge on any atom is -0.384 e. The number of amides is 1. The number of nitrogens with zero attached hydrogens (tertiary/aromatic N) is 1. The maximum atomic E-state index is 12.8. The van der Waals surface area contributed by atoms with Gasteiger partial charge in [0.2, 0.25) is 0 Å². The van der Waals surface area contributed by atoms with Gasteiger partial charge in [-0.15, -0.1) is 0 Å². The van der Waals surface area contributed by atoms with Gasteiger partial charge in [0.15, 0.2) is 0 Å². The molecule has 21 heavy (non-hydrogen) atoms. The lowest BCUT2D eigenvalue weighted by Crippen LogP contribution is -2.40. The lowest BCUT2D eigenvalue weighted by Gasteiger charge is -2.31. The van der Waals surface area contributed by atoms with Crippen molar-refractivity contribution >= 4 is 11.6 Å². The molecule has 0 aromatic heterocycles. The zero-order valence-corrected chi connectivity index (χ0v) is 13.3. The van der Waals surface area contributed by atoms with Crippen molar-refractivity contribution in [2.45, 2.75) is 39.2 Å². The first-order valence-electron chi connectivity index (χ1n) is 7.83. The standard InChI is InChI=1S/C17H26N2O2/c1-4-9-18-16-12-13(2)5-6-15(16)17(20)19(3)14-7-10-21-11-8-14/h5-6,12,14,18H,4,7-11H2,1-3H3. The normalized spacial score (nSPS) is 15.8. The number of aryl methyl sites for hydroxylation is 1. The Hall–Kier alpha value is -1.55. The van der Waals surface area contributed by atoms with Gasteiger partial charge in [0.05, 0.1) is 5.56 Å². The summed E-state index contributed by atoms with van der Waals surface area (Å²) in [6.07, 6.45) is 2.88. The molecule has 2 rings (SSSR count). The van der Waals surface area contributed by atoms with Crippen LogP contribution in [0.2, 0.25) is 0 Å². The van der Waals surface area contributed by atoms with Crippen LogP contribution in [-0.4, -0.2) is 43.7 Å². The molecule has 0 radical (unpaired) electrons. The molecule has 116 valence electrons. The third-order valence-corrected chi connectivity index (χ3v) is 4.03. The highest BCUT2D eigenvalue weighted by Gasteiger charge is 2.24. The molecule has 0 saturated carbocycles. The predicted octanol–water partition coefficient (Wildman–Crippen LogP) is 3.07. The summed E-state index contributed by atoms with van der Waals surface area (Å²) < 4.78 is 5.38. The van der Waals surface area contributed by atoms with Crippen molar-refractivity contribution in [2.24, 2.45) is 0 Å². The topological polar surface area (TPSA) is 41.6 Å². The minimum absolute atomic E-state index is 0.0977. The SMILES string of the molecule is CCCNc1cc(C)ccc1C(=O)N(C)C1CCOCC1. The number of ether oxygens (including phenoxy) is 1. The van der Waals surface area contributed by atoms with Gasteiger partial charge in [0.1, 0.15) is 0 Å². The molecule has 1 aliphatic rings. The van der Waals surface area contributed by atoms with E-state index in [1.165, 1.54) is 5.56 Å². The van der Waals surface area contributed by atoms with Crippen LogP contribution in [0.15, 0.2) is 18.2 Å². The summed E-state index contributed by atoms with van der Waals surface area (Å²) in [6, 6.07) is 6.28. The summed E-state index contributed by atoms with van der Waals surface area (Å²) >= 11 is 0. The van der Waals surface area contributed by atoms with Crippen LogP contribution in [0.3, 0.4) is 0 Å². The molecule has 1 fully saturated rings. The summed E-state index contributed by atoms with van der Waals surface area (Å²) in [4.78, 5) is 14.7. The quantitative estimate of drug-likeness (QED) is 0.906. The summed E-state index contributed by atoms with van der Waals surface area (Å²) in [5.41, 5.74) is 2.88. The summed E-state index contributed by atoms with van der Waals surface area (Å²) in [5, 5.41) is 3.37. The van der Waals surface area contributed by atoms with Gasteiger partial charge in [-0.3, -0.25) is 4.79 Å². The average molecular weight is 290 g/mol. The molecule has 0 aliphatic carbocycles. The minimum atomic E-state index is 0.0977. The summed E-state index contributed by atoms with van der Waals surface area (Å²) in [5.74, 6) is 0.0977. The molecule has 1 amide bonds. The van der Waals surface area contributed by atoms with E-state index in [0.29, 0.717) is 0 Å². The van der Waals surface area contributed by atoms with Crippen LogP contribution >= 0.6 is 0 Å². The molecular formula is C17H26N2O2. The van der Waals surface area contributed by atoms with Crippen molar-refractivity contribution in [1.82, 2.24) is 4.90 Å². The molecule has 0 spiro atoms. The Kier molecular flexibility index (Phi) is 5.62. The highest BCUT2D eigenvalue weighted by molar-refractivity contribution is 5.99. The van der Waals surface area contributed by atoms with E-state index in [-0.39, 0.29) is 11.9 Å². The first-order valence-corrected chi connectivity index (χ1v) is 7.83. The van der Waals surface area contributed by atoms with Crippen molar-refractivity contribution in [1.29, 1.82) is 0 Å². The Morgan fingerprint density at radius 2 is 2.10 bits per heavy atom. The fourth-order valence-corrected chi connectivity index (χ4v) is 2.68. The monoisotopic (exact) mass is 290 g/mol. The second kappa shape index (κ2) is 7.46. The Balaban J connectivity index is 2.16. The van der Waals surface area contributed by atoms with Gasteiger partial charge in [0.25, 0.3) is 5.91 Å². The Morgan fingerprint density at radius 3 is 2.76 bits per heavy atom. The van der Waals surface area contributed by atoms with E-state index >= 15 is 0 Å². The third-order valence-electron chi connectivity index (χ3n) is 4.03. The lowest BCUT2D eigenvalue weighted by atomic mass is 10.0. The molecular weight excluding hydrogens is 264 g/mol. The van der Waals surface area contributed by atoms with Crippen LogP contribution in [0.1, 0.15) is 42.1 Å². The highest BCUT2D eigenvalue weighted by atomic mass is 16.5. The van der Waals surface area contributed by atoms with Crippen LogP contribution in [0.25, 0.3) is 0 Å². The molecule has 1 aliphatic heterocycles. The zero-order valence-electron chi connectivity index (χ0n) is 13.3. The molecule has 1 N–H and O–H groups in total. The van der Waals surface area contributed by atoms with Crippen molar-refractivity contribution < 1.29 is 9.53 Å². The third kappa shape index (κ3) is 3.97. The highest BCUT2D eigenvalue weighted by Crippen LogP contribution is 2.22. The van der Waals surface area contributed by atoms with Crippen molar-refractivity contribution in [3.63, 3.8) is 0 Å². The van der Waals surface area contributed by atoms with Gasteiger partial charge in [-0.25, -0.2) is 0 Å². The molecule has 4 heteroatoms. The van der Waals surface area contributed by atoms with Crippen molar-refractivity contribution in [2.75, 3.05) is 32.1 Å². The van der Waals surface area contributed by atoms with Crippen molar-refractivity contribution in [3.05, 3.63) is 29.3 Å². The maximum Gasteiger partial charge on any atom is 0.255 e. The number of benzene rings is 1. The second-order valence-corrected chi connectivity index (χ2v) is 5.74. The number of carbonyl (C=O) groups excluding carboxylic acids is 1. The van der Waals surface area contributed by atoms with E-state index in [2.05, 4.69) is 18.3 Å². The number of carbonyl (C=O) groups is 1. The number of anilines is 1. The predicted molar refractivity (Wildman–Crippen MR) is 85.9 cm³/mol. The molecule has 0 atom stereocenters. The molecule has 1 saturated heterocycles. The van der Waals surface area contributed by atoms with E-state index in [1.54, 1.807) is 0 Å². The molecule has 1 aromatic carbocycles. The van der Waals surface area contributed by atoms with Gasteiger partial charge in [-0.2, -0.15) is 0 Å². The number of rotatable bonds is 5. The van der Waals surface area contributed by atoms with Crippen LogP contribution in [0, 0.1) is 6.92 Å². The smallest absolute Gasteiger partial charge is 0.255 e. The van der Waals surface area contributed by atoms with E-state index in [1.807, 2.05) is 31.0 Å². The zero-order chi connectivity index (χ0) is 15.2. The van der Waals surface area contributed by atoms with E-state index in [4.69, 9.17) is 4.74 Å². The Bertz CT molecular complexity index is 482. The van der Waals surface area contributed by atoms with Gasteiger partial charge in [0, 0.05) is 38.5 Å². The first kappa shape index (κ1) is 15.8. The first-order chi connectivity index (χ1) is 10.1.